The Labute approximate surface area is 107 Å². The molecule has 1 N–H and O–H groups in total. The molecule has 0 bridgehead atoms. The van der Waals surface area contributed by atoms with Crippen LogP contribution in [0, 0.1) is 5.82 Å². The second kappa shape index (κ2) is 6.70. The highest BCUT2D eigenvalue weighted by molar-refractivity contribution is 7.92. The molecule has 18 heavy (non-hydrogen) atoms. The molecule has 0 aromatic heterocycles. The molecule has 4 nitrogen and oxygen atoms in total. The highest BCUT2D eigenvalue weighted by Gasteiger charge is 2.23. The van der Waals surface area contributed by atoms with Gasteiger partial charge in [-0.2, -0.15) is 0 Å². The van der Waals surface area contributed by atoms with E-state index in [9.17, 15) is 12.8 Å². The van der Waals surface area contributed by atoms with Gasteiger partial charge in [0, 0.05) is 13.2 Å². The maximum atomic E-state index is 13.7. The van der Waals surface area contributed by atoms with Gasteiger partial charge < -0.3 is 5.11 Å². The van der Waals surface area contributed by atoms with Gasteiger partial charge in [-0.05, 0) is 25.0 Å². The van der Waals surface area contributed by atoms with Gasteiger partial charge in [-0.15, -0.1) is 0 Å². The van der Waals surface area contributed by atoms with E-state index in [0.29, 0.717) is 6.42 Å². The molecule has 0 amide bonds. The van der Waals surface area contributed by atoms with Crippen LogP contribution in [-0.2, 0) is 10.0 Å². The average molecular weight is 275 g/mol. The van der Waals surface area contributed by atoms with E-state index in [2.05, 4.69) is 0 Å². The van der Waals surface area contributed by atoms with Crippen molar-refractivity contribution in [2.75, 3.05) is 23.2 Å². The monoisotopic (exact) mass is 275 g/mol. The fourth-order valence-electron chi connectivity index (χ4n) is 1.65. The van der Waals surface area contributed by atoms with Crippen molar-refractivity contribution in [2.24, 2.45) is 0 Å². The summed E-state index contributed by atoms with van der Waals surface area (Å²) in [5, 5.41) is 8.81. The molecule has 0 radical (unpaired) electrons. The number of aliphatic hydroxyl groups is 1. The highest BCUT2D eigenvalue weighted by atomic mass is 32.2. The number of benzene rings is 1. The Balaban J connectivity index is 3.10. The summed E-state index contributed by atoms with van der Waals surface area (Å²) in [5.41, 5.74) is 0.0411. The summed E-state index contributed by atoms with van der Waals surface area (Å²) in [5.74, 6) is -0.609. The third-order valence-corrected chi connectivity index (χ3v) is 4.41. The Bertz CT molecular complexity index is 476. The van der Waals surface area contributed by atoms with E-state index in [1.54, 1.807) is 13.0 Å². The lowest BCUT2D eigenvalue weighted by Gasteiger charge is -2.24. The number of anilines is 1. The van der Waals surface area contributed by atoms with Crippen LogP contribution in [-0.4, -0.2) is 32.4 Å². The second-order valence-electron chi connectivity index (χ2n) is 3.92. The zero-order valence-corrected chi connectivity index (χ0v) is 11.2. The summed E-state index contributed by atoms with van der Waals surface area (Å²) in [4.78, 5) is 0. The van der Waals surface area contributed by atoms with Crippen molar-refractivity contribution in [3.8, 4) is 0 Å². The van der Waals surface area contributed by atoms with Gasteiger partial charge in [0.2, 0.25) is 10.0 Å². The van der Waals surface area contributed by atoms with Crippen molar-refractivity contribution < 1.29 is 17.9 Å². The van der Waals surface area contributed by atoms with Crippen molar-refractivity contribution >= 4 is 15.7 Å². The lowest BCUT2D eigenvalue weighted by atomic mass is 10.3. The van der Waals surface area contributed by atoms with Gasteiger partial charge in [0.25, 0.3) is 0 Å². The van der Waals surface area contributed by atoms with Crippen LogP contribution in [0.5, 0.6) is 0 Å². The zero-order chi connectivity index (χ0) is 13.6. The number of halogens is 1. The van der Waals surface area contributed by atoms with E-state index < -0.39 is 15.8 Å². The fraction of sp³-hybridized carbons (Fsp3) is 0.500. The standard InChI is InChI=1S/C12H18FNO3S/c1-2-10-18(16,17)14(8-5-9-15)12-7-4-3-6-11(12)13/h3-4,6-7,15H,2,5,8-10H2,1H3. The van der Waals surface area contributed by atoms with E-state index >= 15 is 0 Å². The second-order valence-corrected chi connectivity index (χ2v) is 5.93. The summed E-state index contributed by atoms with van der Waals surface area (Å²) >= 11 is 0. The van der Waals surface area contributed by atoms with Crippen molar-refractivity contribution in [1.29, 1.82) is 0 Å². The average Bonchev–Trinajstić information content (AvgIpc) is 2.31. The van der Waals surface area contributed by atoms with Crippen LogP contribution in [0.3, 0.4) is 0 Å². The molecule has 0 saturated carbocycles. The third-order valence-electron chi connectivity index (χ3n) is 2.44. The van der Waals surface area contributed by atoms with E-state index in [4.69, 9.17) is 5.11 Å². The van der Waals surface area contributed by atoms with E-state index in [1.807, 2.05) is 0 Å². The Morgan fingerprint density at radius 1 is 1.33 bits per heavy atom. The molecule has 0 fully saturated rings. The van der Waals surface area contributed by atoms with Crippen molar-refractivity contribution in [2.45, 2.75) is 19.8 Å². The van der Waals surface area contributed by atoms with E-state index in [-0.39, 0.29) is 31.0 Å². The smallest absolute Gasteiger partial charge is 0.235 e. The van der Waals surface area contributed by atoms with Gasteiger partial charge in [0.05, 0.1) is 11.4 Å². The number of hydrogen-bond acceptors (Lipinski definition) is 3. The normalized spacial score (nSPS) is 11.5. The molecular formula is C12H18FNO3S. The highest BCUT2D eigenvalue weighted by Crippen LogP contribution is 2.22. The molecule has 0 spiro atoms. The summed E-state index contributed by atoms with van der Waals surface area (Å²) in [7, 11) is -3.54. The quantitative estimate of drug-likeness (QED) is 0.825. The summed E-state index contributed by atoms with van der Waals surface area (Å²) in [6.07, 6.45) is 0.740. The molecule has 0 aliphatic carbocycles. The van der Waals surface area contributed by atoms with E-state index in [1.165, 1.54) is 18.2 Å². The SMILES string of the molecule is CCCS(=O)(=O)N(CCCO)c1ccccc1F. The predicted octanol–water partition coefficient (Wildman–Crippen LogP) is 1.75. The summed E-state index contributed by atoms with van der Waals surface area (Å²) in [6.45, 7) is 1.70. The van der Waals surface area contributed by atoms with E-state index in [0.717, 1.165) is 4.31 Å². The van der Waals surface area contributed by atoms with Crippen LogP contribution in [0.2, 0.25) is 0 Å². The number of rotatable bonds is 7. The Kier molecular flexibility index (Phi) is 5.55. The zero-order valence-electron chi connectivity index (χ0n) is 10.3. The van der Waals surface area contributed by atoms with Crippen LogP contribution < -0.4 is 4.31 Å². The summed E-state index contributed by atoms with van der Waals surface area (Å²) in [6, 6.07) is 5.75. The van der Waals surface area contributed by atoms with Gasteiger partial charge in [0.15, 0.2) is 0 Å². The summed E-state index contributed by atoms with van der Waals surface area (Å²) < 4.78 is 38.8. The Hall–Kier alpha value is -1.14. The molecule has 0 saturated heterocycles. The first-order valence-electron chi connectivity index (χ1n) is 5.88. The number of para-hydroxylation sites is 1. The minimum absolute atomic E-state index is 0.0350. The molecule has 1 rings (SSSR count). The Morgan fingerprint density at radius 2 is 2.00 bits per heavy atom. The molecular weight excluding hydrogens is 257 g/mol. The van der Waals surface area contributed by atoms with Crippen LogP contribution in [0.4, 0.5) is 10.1 Å². The van der Waals surface area contributed by atoms with Crippen molar-refractivity contribution in [3.05, 3.63) is 30.1 Å². The van der Waals surface area contributed by atoms with Gasteiger partial charge >= 0.3 is 0 Å². The van der Waals surface area contributed by atoms with Gasteiger partial charge in [-0.1, -0.05) is 19.1 Å². The predicted molar refractivity (Wildman–Crippen MR) is 69.5 cm³/mol. The fourth-order valence-corrected chi connectivity index (χ4v) is 3.24. The number of aliphatic hydroxyl groups excluding tert-OH is 1. The molecule has 0 unspecified atom stereocenters. The molecule has 1 aromatic carbocycles. The number of sulfonamides is 1. The minimum atomic E-state index is -3.54. The molecule has 0 aliphatic heterocycles. The first-order valence-corrected chi connectivity index (χ1v) is 7.49. The van der Waals surface area contributed by atoms with Crippen LogP contribution in [0.15, 0.2) is 24.3 Å². The van der Waals surface area contributed by atoms with Crippen molar-refractivity contribution in [1.82, 2.24) is 0 Å². The molecule has 0 aliphatic rings. The molecule has 0 heterocycles. The minimum Gasteiger partial charge on any atom is -0.396 e. The van der Waals surface area contributed by atoms with Gasteiger partial charge in [0.1, 0.15) is 5.82 Å². The lowest BCUT2D eigenvalue weighted by Crippen LogP contribution is -2.34. The first kappa shape index (κ1) is 14.9. The van der Waals surface area contributed by atoms with Crippen LogP contribution in [0.1, 0.15) is 19.8 Å². The van der Waals surface area contributed by atoms with Gasteiger partial charge in [-0.25, -0.2) is 12.8 Å². The Morgan fingerprint density at radius 3 is 2.56 bits per heavy atom. The van der Waals surface area contributed by atoms with Gasteiger partial charge in [-0.3, -0.25) is 4.31 Å². The molecule has 102 valence electrons. The lowest BCUT2D eigenvalue weighted by molar-refractivity contribution is 0.291. The maximum absolute atomic E-state index is 13.7. The van der Waals surface area contributed by atoms with Crippen LogP contribution in [0.25, 0.3) is 0 Å². The largest absolute Gasteiger partial charge is 0.396 e. The maximum Gasteiger partial charge on any atom is 0.235 e. The number of hydrogen-bond donors (Lipinski definition) is 1. The molecule has 6 heteroatoms. The third kappa shape index (κ3) is 3.68. The number of nitrogens with zero attached hydrogens (tertiary/aromatic N) is 1. The van der Waals surface area contributed by atoms with Crippen molar-refractivity contribution in [3.63, 3.8) is 0 Å². The van der Waals surface area contributed by atoms with Crippen LogP contribution >= 0.6 is 0 Å². The first-order chi connectivity index (χ1) is 8.53. The molecule has 1 aromatic rings. The molecule has 0 atom stereocenters. The topological polar surface area (TPSA) is 57.6 Å².